The van der Waals surface area contributed by atoms with Gasteiger partial charge in [0.05, 0.1) is 22.7 Å². The Balaban J connectivity index is 1.62. The van der Waals surface area contributed by atoms with Gasteiger partial charge in [-0.25, -0.2) is 0 Å². The highest BCUT2D eigenvalue weighted by Gasteiger charge is 2.51. The van der Waals surface area contributed by atoms with Crippen molar-refractivity contribution in [3.05, 3.63) is 48.2 Å². The fraction of sp³-hybridized carbons (Fsp3) is 0.519. The van der Waals surface area contributed by atoms with Crippen molar-refractivity contribution in [3.63, 3.8) is 0 Å². The van der Waals surface area contributed by atoms with Crippen LogP contribution in [0, 0.1) is 0 Å². The van der Waals surface area contributed by atoms with Crippen LogP contribution in [0.15, 0.2) is 42.6 Å². The molecule has 0 aliphatic carbocycles. The van der Waals surface area contributed by atoms with Gasteiger partial charge >= 0.3 is 0 Å². The zero-order valence-corrected chi connectivity index (χ0v) is 24.2. The summed E-state index contributed by atoms with van der Waals surface area (Å²) in [6, 6.07) is 6.74. The van der Waals surface area contributed by atoms with Crippen molar-refractivity contribution in [2.45, 2.75) is 55.3 Å². The molecular weight excluding hydrogens is 538 g/mol. The van der Waals surface area contributed by atoms with Crippen LogP contribution in [0.3, 0.4) is 0 Å². The number of thioether (sulfide) groups is 2. The maximum absolute atomic E-state index is 13.3. The van der Waals surface area contributed by atoms with Crippen LogP contribution in [-0.2, 0) is 24.0 Å². The minimum absolute atomic E-state index is 0.201. The normalized spacial score (nSPS) is 19.3. The summed E-state index contributed by atoms with van der Waals surface area (Å²) in [6.45, 7) is 7.09. The molecule has 39 heavy (non-hydrogen) atoms. The molecule has 2 aliphatic rings. The first-order valence-electron chi connectivity index (χ1n) is 12.9. The topological polar surface area (TPSA) is 142 Å². The van der Waals surface area contributed by atoms with Crippen molar-refractivity contribution >= 4 is 52.9 Å². The molecule has 2 fully saturated rings. The van der Waals surface area contributed by atoms with Crippen LogP contribution in [0.1, 0.15) is 44.7 Å². The summed E-state index contributed by atoms with van der Waals surface area (Å²) in [6.07, 6.45) is 1.28. The lowest BCUT2D eigenvalue weighted by Gasteiger charge is -2.29. The third-order valence-electron chi connectivity index (χ3n) is 6.89. The van der Waals surface area contributed by atoms with Crippen LogP contribution >= 0.6 is 23.5 Å². The van der Waals surface area contributed by atoms with Crippen molar-refractivity contribution in [2.24, 2.45) is 5.73 Å². The van der Waals surface area contributed by atoms with Gasteiger partial charge in [-0.2, -0.15) is 0 Å². The average Bonchev–Trinajstić information content (AvgIpc) is 3.53. The van der Waals surface area contributed by atoms with E-state index in [1.807, 2.05) is 37.3 Å². The number of amides is 4. The number of hydrogen-bond donors (Lipinski definition) is 3. The van der Waals surface area contributed by atoms with E-state index in [-0.39, 0.29) is 22.1 Å². The molecule has 2 heterocycles. The summed E-state index contributed by atoms with van der Waals surface area (Å²) >= 11 is 3.52. The maximum Gasteiger partial charge on any atom is 0.290 e. The van der Waals surface area contributed by atoms with Gasteiger partial charge in [-0.3, -0.25) is 24.0 Å². The first kappa shape index (κ1) is 30.6. The third-order valence-corrected chi connectivity index (χ3v) is 10.3. The number of carbonyl (C=O) groups excluding carboxylic acids is 5. The smallest absolute Gasteiger partial charge is 0.290 e. The molecule has 12 heteroatoms. The van der Waals surface area contributed by atoms with Gasteiger partial charge in [0.2, 0.25) is 23.5 Å². The first-order chi connectivity index (χ1) is 18.5. The summed E-state index contributed by atoms with van der Waals surface area (Å²) < 4.78 is -0.214. The number of likely N-dealkylation sites (tertiary alicyclic amines) is 1. The van der Waals surface area contributed by atoms with Crippen LogP contribution in [0.25, 0.3) is 0 Å². The number of Topliss-reactive ketones (excluding diaryl/α,β-unsaturated/α-hetero) is 1. The molecule has 212 valence electrons. The van der Waals surface area contributed by atoms with Gasteiger partial charge in [-0.1, -0.05) is 50.3 Å². The van der Waals surface area contributed by atoms with Crippen LogP contribution < -0.4 is 16.4 Å². The van der Waals surface area contributed by atoms with Crippen LogP contribution in [0.4, 0.5) is 0 Å². The molecule has 3 unspecified atom stereocenters. The first-order valence-corrected chi connectivity index (χ1v) is 14.9. The fourth-order valence-corrected chi connectivity index (χ4v) is 8.18. The van der Waals surface area contributed by atoms with E-state index in [1.54, 1.807) is 35.5 Å². The second-order valence-corrected chi connectivity index (χ2v) is 13.0. The van der Waals surface area contributed by atoms with Crippen LogP contribution in [0.2, 0.25) is 0 Å². The van der Waals surface area contributed by atoms with Gasteiger partial charge in [0.25, 0.3) is 5.91 Å². The Kier molecular flexibility index (Phi) is 10.5. The lowest BCUT2D eigenvalue weighted by molar-refractivity contribution is -0.142. The molecule has 3 rings (SSSR count). The molecule has 4 amide bonds. The Morgan fingerprint density at radius 2 is 1.82 bits per heavy atom. The quantitative estimate of drug-likeness (QED) is 0.337. The highest BCUT2D eigenvalue weighted by atomic mass is 32.2. The largest absolute Gasteiger partial charge is 0.401 e. The predicted octanol–water partition coefficient (Wildman–Crippen LogP) is 1.43. The molecule has 2 saturated heterocycles. The zero-order valence-electron chi connectivity index (χ0n) is 22.6. The molecule has 0 radical (unpaired) electrons. The van der Waals surface area contributed by atoms with E-state index in [0.717, 1.165) is 17.1 Å². The van der Waals surface area contributed by atoms with Gasteiger partial charge in [0.1, 0.15) is 6.04 Å². The number of nitrogens with one attached hydrogen (secondary N) is 2. The van der Waals surface area contributed by atoms with E-state index in [2.05, 4.69) is 17.2 Å². The predicted molar refractivity (Wildman–Crippen MR) is 154 cm³/mol. The molecule has 1 spiro atoms. The molecule has 1 aromatic rings. The molecular formula is C27H37N5O5S2. The zero-order chi connectivity index (χ0) is 28.7. The number of nitrogens with two attached hydrogens (primary N) is 1. The van der Waals surface area contributed by atoms with E-state index in [1.165, 1.54) is 11.8 Å². The van der Waals surface area contributed by atoms with Crippen molar-refractivity contribution in [1.82, 2.24) is 20.4 Å². The average molecular weight is 576 g/mol. The monoisotopic (exact) mass is 575 g/mol. The van der Waals surface area contributed by atoms with E-state index in [4.69, 9.17) is 5.73 Å². The molecule has 10 nitrogen and oxygen atoms in total. The summed E-state index contributed by atoms with van der Waals surface area (Å²) in [5.74, 6) is -0.998. The van der Waals surface area contributed by atoms with E-state index in [0.29, 0.717) is 19.4 Å². The van der Waals surface area contributed by atoms with Crippen LogP contribution in [-0.4, -0.2) is 87.0 Å². The Labute approximate surface area is 237 Å². The van der Waals surface area contributed by atoms with E-state index in [9.17, 15) is 24.0 Å². The Hall–Kier alpha value is -2.99. The summed E-state index contributed by atoms with van der Waals surface area (Å²) in [5.41, 5.74) is 6.97. The highest BCUT2D eigenvalue weighted by molar-refractivity contribution is 8.21. The maximum atomic E-state index is 13.3. The number of rotatable bonds is 11. The third kappa shape index (κ3) is 7.36. The van der Waals surface area contributed by atoms with Crippen molar-refractivity contribution in [1.29, 1.82) is 0 Å². The highest BCUT2D eigenvalue weighted by Crippen LogP contribution is 2.51. The molecule has 1 aromatic carbocycles. The van der Waals surface area contributed by atoms with Gasteiger partial charge in [-0.15, -0.1) is 23.5 Å². The molecule has 0 saturated carbocycles. The SMILES string of the molecule is C=C(N)C(c1ccccc1)N(C)C(=O)CNC(=O)C(=O)C(CCC)NC(=O)C1CC2(CN1C(C)=O)SCCS2. The van der Waals surface area contributed by atoms with Gasteiger partial charge in [-0.05, 0) is 12.0 Å². The number of benzene rings is 1. The summed E-state index contributed by atoms with van der Waals surface area (Å²) in [4.78, 5) is 67.1. The Bertz CT molecular complexity index is 1110. The minimum atomic E-state index is -1.06. The Morgan fingerprint density at radius 3 is 2.38 bits per heavy atom. The second-order valence-electron chi connectivity index (χ2n) is 9.76. The number of ketones is 1. The van der Waals surface area contributed by atoms with Gasteiger partial charge in [0.15, 0.2) is 0 Å². The van der Waals surface area contributed by atoms with Crippen molar-refractivity contribution < 1.29 is 24.0 Å². The Morgan fingerprint density at radius 1 is 1.18 bits per heavy atom. The van der Waals surface area contributed by atoms with E-state index >= 15 is 0 Å². The molecule has 3 atom stereocenters. The van der Waals surface area contributed by atoms with Gasteiger partial charge < -0.3 is 26.2 Å². The lowest BCUT2D eigenvalue weighted by atomic mass is 10.0. The fourth-order valence-electron chi connectivity index (χ4n) is 4.93. The molecule has 2 aliphatic heterocycles. The minimum Gasteiger partial charge on any atom is -0.401 e. The van der Waals surface area contributed by atoms with Gasteiger partial charge in [0, 0.05) is 44.1 Å². The number of likely N-dealkylation sites (N-methyl/N-ethyl adjacent to an activating group) is 1. The standard InChI is InChI=1S/C27H37N5O5S2/c1-5-9-20(30-25(36)21-14-27(38-12-13-39-27)16-32(21)18(3)33)24(35)26(37)29-15-22(34)31(4)23(17(2)28)19-10-7-6-8-11-19/h6-8,10-11,20-21,23H,2,5,9,12-16,28H2,1,3-4H3,(H,29,37)(H,30,36). The number of hydrogen-bond acceptors (Lipinski definition) is 8. The molecule has 0 aromatic heterocycles. The number of nitrogens with zero attached hydrogens (tertiary/aromatic N) is 2. The van der Waals surface area contributed by atoms with Crippen molar-refractivity contribution in [3.8, 4) is 0 Å². The van der Waals surface area contributed by atoms with E-state index < -0.39 is 48.2 Å². The molecule has 0 bridgehead atoms. The van der Waals surface area contributed by atoms with Crippen molar-refractivity contribution in [2.75, 3.05) is 31.6 Å². The second kappa shape index (κ2) is 13.4. The number of carbonyl (C=O) groups is 5. The summed E-state index contributed by atoms with van der Waals surface area (Å²) in [7, 11) is 1.54. The molecule has 4 N–H and O–H groups in total. The summed E-state index contributed by atoms with van der Waals surface area (Å²) in [5, 5.41) is 5.10. The lowest BCUT2D eigenvalue weighted by Crippen LogP contribution is -2.53. The van der Waals surface area contributed by atoms with Crippen LogP contribution in [0.5, 0.6) is 0 Å².